The maximum Gasteiger partial charge on any atom is 0.164 e. The van der Waals surface area contributed by atoms with Crippen LogP contribution >= 0.6 is 11.3 Å². The number of thiophene rings is 1. The molecule has 0 bridgehead atoms. The zero-order chi connectivity index (χ0) is 33.5. The van der Waals surface area contributed by atoms with Crippen molar-refractivity contribution in [2.24, 2.45) is 0 Å². The van der Waals surface area contributed by atoms with E-state index in [1.807, 2.05) is 11.3 Å². The SMILES string of the molecule is c1cc(-c2cc3sc4cccc5c6ccccc6c(c2)c3c45)cc(-c2nc(-c3ccc4ccccc4c3)nc(-c3cccc4ccccc34)n2)c1. The highest BCUT2D eigenvalue weighted by atomic mass is 32.1. The normalized spacial score (nSPS) is 11.9. The molecule has 0 atom stereocenters. The molecule has 0 saturated carbocycles. The van der Waals surface area contributed by atoms with Crippen LogP contribution in [0.2, 0.25) is 0 Å². The van der Waals surface area contributed by atoms with Crippen LogP contribution in [0, 0.1) is 0 Å². The zero-order valence-electron chi connectivity index (χ0n) is 27.3. The average molecular weight is 666 g/mol. The second kappa shape index (κ2) is 11.0. The van der Waals surface area contributed by atoms with E-state index in [-0.39, 0.29) is 0 Å². The molecule has 236 valence electrons. The van der Waals surface area contributed by atoms with E-state index in [0.717, 1.165) is 38.4 Å². The van der Waals surface area contributed by atoms with Gasteiger partial charge in [0, 0.05) is 36.9 Å². The number of benzene rings is 9. The lowest BCUT2D eigenvalue weighted by Crippen LogP contribution is -2.00. The highest BCUT2D eigenvalue weighted by molar-refractivity contribution is 7.26. The molecule has 51 heavy (non-hydrogen) atoms. The van der Waals surface area contributed by atoms with Crippen LogP contribution in [0.4, 0.5) is 0 Å². The third-order valence-electron chi connectivity index (χ3n) is 10.2. The van der Waals surface area contributed by atoms with Crippen LogP contribution in [-0.4, -0.2) is 15.0 Å². The minimum Gasteiger partial charge on any atom is -0.208 e. The predicted molar refractivity (Wildman–Crippen MR) is 216 cm³/mol. The minimum atomic E-state index is 0.650. The molecule has 0 fully saturated rings. The molecule has 0 radical (unpaired) electrons. The van der Waals surface area contributed by atoms with Gasteiger partial charge in [0.25, 0.3) is 0 Å². The average Bonchev–Trinajstić information content (AvgIpc) is 3.59. The van der Waals surface area contributed by atoms with Crippen LogP contribution in [0.3, 0.4) is 0 Å². The summed E-state index contributed by atoms with van der Waals surface area (Å²) in [5.41, 5.74) is 5.21. The minimum absolute atomic E-state index is 0.650. The van der Waals surface area contributed by atoms with Crippen molar-refractivity contribution in [2.45, 2.75) is 0 Å². The lowest BCUT2D eigenvalue weighted by molar-refractivity contribution is 1.08. The molecule has 0 unspecified atom stereocenters. The number of hydrogen-bond acceptors (Lipinski definition) is 4. The summed E-state index contributed by atoms with van der Waals surface area (Å²) >= 11 is 1.88. The summed E-state index contributed by atoms with van der Waals surface area (Å²) in [7, 11) is 0. The first-order valence-electron chi connectivity index (χ1n) is 17.2. The third-order valence-corrected chi connectivity index (χ3v) is 11.3. The van der Waals surface area contributed by atoms with Gasteiger partial charge < -0.3 is 0 Å². The van der Waals surface area contributed by atoms with Crippen LogP contribution < -0.4 is 0 Å². The quantitative estimate of drug-likeness (QED) is 0.176. The van der Waals surface area contributed by atoms with Crippen molar-refractivity contribution in [1.82, 2.24) is 15.0 Å². The molecule has 0 aliphatic heterocycles. The first kappa shape index (κ1) is 28.4. The fourth-order valence-electron chi connectivity index (χ4n) is 7.84. The monoisotopic (exact) mass is 665 g/mol. The lowest BCUT2D eigenvalue weighted by atomic mass is 9.92. The van der Waals surface area contributed by atoms with Crippen molar-refractivity contribution in [2.75, 3.05) is 0 Å². The lowest BCUT2D eigenvalue weighted by Gasteiger charge is -2.13. The summed E-state index contributed by atoms with van der Waals surface area (Å²) in [6, 6.07) is 58.5. The topological polar surface area (TPSA) is 38.7 Å². The molecule has 9 aromatic carbocycles. The molecule has 0 amide bonds. The van der Waals surface area contributed by atoms with Crippen molar-refractivity contribution in [1.29, 1.82) is 0 Å². The molecular weight excluding hydrogens is 639 g/mol. The standard InChI is InChI=1S/C47H27N3S/c1-2-12-30-24-33(23-22-28(30)10-1)46-48-45(49-47(50-46)39-20-8-13-29-11-3-4-16-35(29)39)32-15-7-14-31(25-32)34-26-40-37-18-6-5-17-36(37)38-19-9-21-41-43(38)44(40)42(27-34)51-41/h1-27H. The van der Waals surface area contributed by atoms with Crippen LogP contribution in [0.5, 0.6) is 0 Å². The molecule has 0 N–H and O–H groups in total. The van der Waals surface area contributed by atoms with E-state index in [0.29, 0.717) is 17.5 Å². The summed E-state index contributed by atoms with van der Waals surface area (Å²) in [6.45, 7) is 0. The summed E-state index contributed by atoms with van der Waals surface area (Å²) in [6.07, 6.45) is 0. The highest BCUT2D eigenvalue weighted by Crippen LogP contribution is 2.46. The first-order valence-corrected chi connectivity index (χ1v) is 18.0. The van der Waals surface area contributed by atoms with Crippen molar-refractivity contribution >= 4 is 74.6 Å². The number of nitrogens with zero attached hydrogens (tertiary/aromatic N) is 3. The van der Waals surface area contributed by atoms with Crippen LogP contribution in [0.1, 0.15) is 0 Å². The van der Waals surface area contributed by atoms with Gasteiger partial charge in [0.2, 0.25) is 0 Å². The van der Waals surface area contributed by atoms with Gasteiger partial charge in [-0.05, 0) is 84.5 Å². The summed E-state index contributed by atoms with van der Waals surface area (Å²) < 4.78 is 2.64. The predicted octanol–water partition coefficient (Wildman–Crippen LogP) is 13.0. The fourth-order valence-corrected chi connectivity index (χ4v) is 9.04. The zero-order valence-corrected chi connectivity index (χ0v) is 28.2. The summed E-state index contributed by atoms with van der Waals surface area (Å²) in [5, 5.41) is 12.6. The van der Waals surface area contributed by atoms with E-state index in [9.17, 15) is 0 Å². The molecule has 11 aromatic rings. The Bertz CT molecular complexity index is 3150. The molecular formula is C47H27N3S. The Balaban J connectivity index is 1.12. The molecule has 0 aliphatic carbocycles. The van der Waals surface area contributed by atoms with Gasteiger partial charge in [-0.3, -0.25) is 0 Å². The highest BCUT2D eigenvalue weighted by Gasteiger charge is 2.18. The van der Waals surface area contributed by atoms with Crippen molar-refractivity contribution in [3.63, 3.8) is 0 Å². The Hall–Kier alpha value is -6.49. The maximum atomic E-state index is 5.18. The van der Waals surface area contributed by atoms with Gasteiger partial charge in [-0.1, -0.05) is 133 Å². The Labute approximate surface area is 297 Å². The summed E-state index contributed by atoms with van der Waals surface area (Å²) in [5.74, 6) is 1.97. The van der Waals surface area contributed by atoms with E-state index < -0.39 is 0 Å². The summed E-state index contributed by atoms with van der Waals surface area (Å²) in [4.78, 5) is 15.4. The second-order valence-corrected chi connectivity index (χ2v) is 14.3. The number of rotatable bonds is 4. The van der Waals surface area contributed by atoms with Crippen molar-refractivity contribution in [3.8, 4) is 45.3 Å². The van der Waals surface area contributed by atoms with Gasteiger partial charge in [-0.25, -0.2) is 15.0 Å². The van der Waals surface area contributed by atoms with Crippen LogP contribution in [0.25, 0.3) is 109 Å². The Morgan fingerprint density at radius 1 is 0.314 bits per heavy atom. The Kier molecular flexibility index (Phi) is 6.12. The van der Waals surface area contributed by atoms with Crippen LogP contribution in [-0.2, 0) is 0 Å². The molecule has 0 saturated heterocycles. The third kappa shape index (κ3) is 4.47. The van der Waals surface area contributed by atoms with E-state index in [1.165, 1.54) is 52.7 Å². The van der Waals surface area contributed by atoms with E-state index in [1.54, 1.807) is 0 Å². The maximum absolute atomic E-state index is 5.18. The molecule has 0 spiro atoms. The van der Waals surface area contributed by atoms with Gasteiger partial charge in [0.05, 0.1) is 0 Å². The largest absolute Gasteiger partial charge is 0.208 e. The smallest absolute Gasteiger partial charge is 0.164 e. The van der Waals surface area contributed by atoms with E-state index in [2.05, 4.69) is 164 Å². The van der Waals surface area contributed by atoms with E-state index >= 15 is 0 Å². The molecule has 3 nitrogen and oxygen atoms in total. The van der Waals surface area contributed by atoms with Gasteiger partial charge in [0.1, 0.15) is 0 Å². The second-order valence-electron chi connectivity index (χ2n) is 13.2. The van der Waals surface area contributed by atoms with Gasteiger partial charge in [-0.15, -0.1) is 11.3 Å². The van der Waals surface area contributed by atoms with Gasteiger partial charge in [0.15, 0.2) is 17.5 Å². The Morgan fingerprint density at radius 2 is 0.922 bits per heavy atom. The van der Waals surface area contributed by atoms with Gasteiger partial charge >= 0.3 is 0 Å². The molecule has 11 rings (SSSR count). The number of aromatic nitrogens is 3. The number of hydrogen-bond donors (Lipinski definition) is 0. The Morgan fingerprint density at radius 3 is 1.78 bits per heavy atom. The van der Waals surface area contributed by atoms with Crippen LogP contribution in [0.15, 0.2) is 164 Å². The molecule has 0 aliphatic rings. The first-order chi connectivity index (χ1) is 25.2. The van der Waals surface area contributed by atoms with E-state index in [4.69, 9.17) is 15.0 Å². The van der Waals surface area contributed by atoms with Gasteiger partial charge in [-0.2, -0.15) is 0 Å². The molecule has 2 heterocycles. The van der Waals surface area contributed by atoms with Crippen molar-refractivity contribution in [3.05, 3.63) is 164 Å². The molecule has 2 aromatic heterocycles. The fraction of sp³-hybridized carbons (Fsp3) is 0. The molecule has 4 heteroatoms. The number of fused-ring (bicyclic) bond motifs is 5. The van der Waals surface area contributed by atoms with Crippen molar-refractivity contribution < 1.29 is 0 Å².